The molecule has 0 bridgehead atoms. The van der Waals surface area contributed by atoms with Gasteiger partial charge in [0.2, 0.25) is 0 Å². The molecule has 3 nitrogen and oxygen atoms in total. The lowest BCUT2D eigenvalue weighted by atomic mass is 10.0. The molecular weight excluding hydrogens is 222 g/mol. The minimum absolute atomic E-state index is 0.395. The number of nitrogens with zero attached hydrogens (tertiary/aromatic N) is 3. The third kappa shape index (κ3) is 1.69. The SMILES string of the molecule is CCc1nc2cc(C)c(C(C)C)c(Cl)n2n1. The minimum atomic E-state index is 0.395. The second-order valence-corrected chi connectivity index (χ2v) is 4.70. The first-order valence-electron chi connectivity index (χ1n) is 5.59. The number of hydrogen-bond donors (Lipinski definition) is 0. The third-order valence-electron chi connectivity index (χ3n) is 2.75. The van der Waals surface area contributed by atoms with Crippen LogP contribution in [0.25, 0.3) is 5.65 Å². The van der Waals surface area contributed by atoms with E-state index in [1.165, 1.54) is 5.56 Å². The smallest absolute Gasteiger partial charge is 0.157 e. The highest BCUT2D eigenvalue weighted by Crippen LogP contribution is 2.28. The number of halogens is 1. The summed E-state index contributed by atoms with van der Waals surface area (Å²) in [5.74, 6) is 1.23. The van der Waals surface area contributed by atoms with Gasteiger partial charge in [-0.1, -0.05) is 32.4 Å². The first-order valence-corrected chi connectivity index (χ1v) is 5.97. The van der Waals surface area contributed by atoms with Crippen LogP contribution < -0.4 is 0 Å². The van der Waals surface area contributed by atoms with Gasteiger partial charge in [0.15, 0.2) is 11.5 Å². The Bertz CT molecular complexity index is 529. The van der Waals surface area contributed by atoms with Crippen LogP contribution in [0.2, 0.25) is 5.15 Å². The van der Waals surface area contributed by atoms with Crippen molar-refractivity contribution in [1.82, 2.24) is 14.6 Å². The Morgan fingerprint density at radius 3 is 2.69 bits per heavy atom. The zero-order chi connectivity index (χ0) is 11.9. The number of fused-ring (bicyclic) bond motifs is 1. The molecule has 0 aliphatic rings. The molecule has 0 radical (unpaired) electrons. The van der Waals surface area contributed by atoms with Crippen LogP contribution in [0.3, 0.4) is 0 Å². The van der Waals surface area contributed by atoms with Crippen molar-refractivity contribution in [3.63, 3.8) is 0 Å². The summed E-state index contributed by atoms with van der Waals surface area (Å²) in [6.45, 7) is 8.38. The van der Waals surface area contributed by atoms with Crippen LogP contribution >= 0.6 is 11.6 Å². The highest BCUT2D eigenvalue weighted by Gasteiger charge is 2.14. The summed E-state index contributed by atoms with van der Waals surface area (Å²) in [4.78, 5) is 4.42. The van der Waals surface area contributed by atoms with E-state index < -0.39 is 0 Å². The fourth-order valence-corrected chi connectivity index (χ4v) is 2.49. The van der Waals surface area contributed by atoms with Crippen molar-refractivity contribution in [2.75, 3.05) is 0 Å². The Kier molecular flexibility index (Phi) is 2.89. The van der Waals surface area contributed by atoms with Crippen LogP contribution in [0.1, 0.15) is 43.6 Å². The van der Waals surface area contributed by atoms with E-state index in [1.54, 1.807) is 4.52 Å². The van der Waals surface area contributed by atoms with Crippen molar-refractivity contribution in [3.05, 3.63) is 28.2 Å². The maximum Gasteiger partial charge on any atom is 0.157 e. The van der Waals surface area contributed by atoms with Crippen molar-refractivity contribution in [2.24, 2.45) is 0 Å². The van der Waals surface area contributed by atoms with Gasteiger partial charge in [-0.3, -0.25) is 0 Å². The molecule has 0 spiro atoms. The van der Waals surface area contributed by atoms with Crippen LogP contribution in [-0.4, -0.2) is 14.6 Å². The molecular formula is C12H16ClN3. The fraction of sp³-hybridized carbons (Fsp3) is 0.500. The summed E-state index contributed by atoms with van der Waals surface area (Å²) < 4.78 is 1.74. The van der Waals surface area contributed by atoms with E-state index in [0.29, 0.717) is 11.1 Å². The first-order chi connectivity index (χ1) is 7.54. The Morgan fingerprint density at radius 1 is 1.44 bits per heavy atom. The zero-order valence-corrected chi connectivity index (χ0v) is 10.8. The van der Waals surface area contributed by atoms with Gasteiger partial charge in [-0.25, -0.2) is 9.50 Å². The van der Waals surface area contributed by atoms with Crippen LogP contribution in [0.5, 0.6) is 0 Å². The molecule has 0 amide bonds. The van der Waals surface area contributed by atoms with Gasteiger partial charge in [0.25, 0.3) is 0 Å². The molecule has 4 heteroatoms. The van der Waals surface area contributed by atoms with Crippen molar-refractivity contribution in [1.29, 1.82) is 0 Å². The zero-order valence-electron chi connectivity index (χ0n) is 10.1. The lowest BCUT2D eigenvalue weighted by Gasteiger charge is -2.12. The van der Waals surface area contributed by atoms with Crippen molar-refractivity contribution < 1.29 is 0 Å². The topological polar surface area (TPSA) is 30.2 Å². The summed E-state index contributed by atoms with van der Waals surface area (Å²) in [5, 5.41) is 5.08. The van der Waals surface area contributed by atoms with E-state index in [9.17, 15) is 0 Å². The van der Waals surface area contributed by atoms with Gasteiger partial charge in [0.1, 0.15) is 5.15 Å². The molecule has 0 aliphatic heterocycles. The standard InChI is InChI=1S/C12H16ClN3/c1-5-9-14-10-6-8(4)11(7(2)3)12(13)16(10)15-9/h6-7H,5H2,1-4H3. The van der Waals surface area contributed by atoms with Crippen molar-refractivity contribution >= 4 is 17.2 Å². The van der Waals surface area contributed by atoms with E-state index in [4.69, 9.17) is 11.6 Å². The first kappa shape index (κ1) is 11.4. The molecule has 2 rings (SSSR count). The van der Waals surface area contributed by atoms with E-state index >= 15 is 0 Å². The molecule has 0 N–H and O–H groups in total. The number of hydrogen-bond acceptors (Lipinski definition) is 2. The van der Waals surface area contributed by atoms with Crippen LogP contribution in [0.15, 0.2) is 6.07 Å². The molecule has 0 atom stereocenters. The van der Waals surface area contributed by atoms with Crippen molar-refractivity contribution in [2.45, 2.75) is 40.0 Å². The molecule has 0 aliphatic carbocycles. The summed E-state index contributed by atoms with van der Waals surface area (Å²) in [7, 11) is 0. The monoisotopic (exact) mass is 237 g/mol. The Balaban J connectivity index is 2.76. The van der Waals surface area contributed by atoms with Gasteiger partial charge in [-0.15, -0.1) is 5.10 Å². The molecule has 2 aromatic rings. The van der Waals surface area contributed by atoms with Crippen molar-refractivity contribution in [3.8, 4) is 0 Å². The molecule has 0 fully saturated rings. The number of aryl methyl sites for hydroxylation is 2. The molecule has 16 heavy (non-hydrogen) atoms. The normalized spacial score (nSPS) is 11.6. The molecule has 2 heterocycles. The molecule has 0 saturated heterocycles. The van der Waals surface area contributed by atoms with Crippen LogP contribution in [0.4, 0.5) is 0 Å². The van der Waals surface area contributed by atoms with E-state index in [1.807, 2.05) is 13.0 Å². The molecule has 86 valence electrons. The average Bonchev–Trinajstić information content (AvgIpc) is 2.60. The number of aromatic nitrogens is 3. The molecule has 0 saturated carbocycles. The number of pyridine rings is 1. The third-order valence-corrected chi connectivity index (χ3v) is 3.11. The highest BCUT2D eigenvalue weighted by molar-refractivity contribution is 6.30. The average molecular weight is 238 g/mol. The fourth-order valence-electron chi connectivity index (χ4n) is 2.00. The second kappa shape index (κ2) is 4.06. The van der Waals surface area contributed by atoms with Crippen LogP contribution in [-0.2, 0) is 6.42 Å². The predicted octanol–water partition coefficient (Wildman–Crippen LogP) is 3.38. The van der Waals surface area contributed by atoms with Gasteiger partial charge in [-0.05, 0) is 30.0 Å². The maximum atomic E-state index is 6.37. The summed E-state index contributed by atoms with van der Waals surface area (Å²) in [6, 6.07) is 2.05. The van der Waals surface area contributed by atoms with Gasteiger partial charge < -0.3 is 0 Å². The minimum Gasteiger partial charge on any atom is -0.212 e. The Morgan fingerprint density at radius 2 is 2.12 bits per heavy atom. The lowest BCUT2D eigenvalue weighted by Crippen LogP contribution is -2.01. The van der Waals surface area contributed by atoms with Crippen LogP contribution in [0, 0.1) is 6.92 Å². The van der Waals surface area contributed by atoms with E-state index in [-0.39, 0.29) is 0 Å². The molecule has 0 unspecified atom stereocenters. The van der Waals surface area contributed by atoms with E-state index in [2.05, 4.69) is 30.9 Å². The quantitative estimate of drug-likeness (QED) is 0.750. The number of rotatable bonds is 2. The summed E-state index contributed by atoms with van der Waals surface area (Å²) in [5.41, 5.74) is 3.17. The van der Waals surface area contributed by atoms with Gasteiger partial charge in [-0.2, -0.15) is 0 Å². The molecule has 2 aromatic heterocycles. The second-order valence-electron chi connectivity index (χ2n) is 4.34. The van der Waals surface area contributed by atoms with Gasteiger partial charge >= 0.3 is 0 Å². The lowest BCUT2D eigenvalue weighted by molar-refractivity contribution is 0.817. The van der Waals surface area contributed by atoms with Gasteiger partial charge in [0.05, 0.1) is 0 Å². The Labute approximate surface area is 100 Å². The summed E-state index contributed by atoms with van der Waals surface area (Å²) >= 11 is 6.37. The van der Waals surface area contributed by atoms with E-state index in [0.717, 1.165) is 23.5 Å². The largest absolute Gasteiger partial charge is 0.212 e. The van der Waals surface area contributed by atoms with Gasteiger partial charge in [0, 0.05) is 6.42 Å². The Hall–Kier alpha value is -1.09. The summed E-state index contributed by atoms with van der Waals surface area (Å²) in [6.07, 6.45) is 0.827. The highest BCUT2D eigenvalue weighted by atomic mass is 35.5. The predicted molar refractivity (Wildman–Crippen MR) is 66.2 cm³/mol. The molecule has 0 aromatic carbocycles. The maximum absolute atomic E-state index is 6.37.